The summed E-state index contributed by atoms with van der Waals surface area (Å²) >= 11 is 0. The van der Waals surface area contributed by atoms with Gasteiger partial charge in [-0.2, -0.15) is 9.97 Å². The molecule has 0 atom stereocenters. The van der Waals surface area contributed by atoms with Crippen LogP contribution in [-0.4, -0.2) is 19.5 Å². The minimum atomic E-state index is -3.64. The van der Waals surface area contributed by atoms with Gasteiger partial charge in [0.2, 0.25) is 5.95 Å². The Kier molecular flexibility index (Phi) is 3.03. The summed E-state index contributed by atoms with van der Waals surface area (Å²) in [5.74, 6) is -0.144. The Morgan fingerprint density at radius 3 is 2.28 bits per heavy atom. The maximum Gasteiger partial charge on any atom is 0.238 e. The van der Waals surface area contributed by atoms with E-state index in [1.165, 1.54) is 0 Å². The molecule has 10 rings (SSSR count). The van der Waals surface area contributed by atoms with Gasteiger partial charge in [0.05, 0.1) is 24.7 Å². The molecule has 0 amide bonds. The van der Waals surface area contributed by atoms with Gasteiger partial charge in [-0.3, -0.25) is 4.57 Å². The lowest BCUT2D eigenvalue weighted by molar-refractivity contribution is 0.661. The Bertz CT molecular complexity index is 3490. The molecule has 1 aliphatic carbocycles. The molecule has 0 radical (unpaired) electrons. The van der Waals surface area contributed by atoms with Crippen molar-refractivity contribution in [1.29, 1.82) is 0 Å². The molecule has 0 aliphatic heterocycles. The molecule has 9 aromatic rings. The van der Waals surface area contributed by atoms with Crippen LogP contribution in [0.15, 0.2) is 138 Å². The fourth-order valence-electron chi connectivity index (χ4n) is 6.36. The average Bonchev–Trinajstić information content (AvgIpc) is 3.93. The van der Waals surface area contributed by atoms with E-state index in [2.05, 4.69) is 0 Å². The van der Waals surface area contributed by atoms with Gasteiger partial charge in [-0.15, -0.1) is 0 Å². The highest BCUT2D eigenvalue weighted by atomic mass is 16.3. The Morgan fingerprint density at radius 2 is 1.38 bits per heavy atom. The third-order valence-electron chi connectivity index (χ3n) is 8.52. The second-order valence-electron chi connectivity index (χ2n) is 11.2. The smallest absolute Gasteiger partial charge is 0.238 e. The molecule has 0 fully saturated rings. The van der Waals surface area contributed by atoms with Gasteiger partial charge in [0.25, 0.3) is 0 Å². The molecule has 5 nitrogen and oxygen atoms in total. The molecule has 1 aliphatic rings. The minimum Gasteiger partial charge on any atom is -0.456 e. The van der Waals surface area contributed by atoms with E-state index in [-0.39, 0.29) is 34.0 Å². The van der Waals surface area contributed by atoms with Crippen LogP contribution in [0, 0.1) is 0 Å². The summed E-state index contributed by atoms with van der Waals surface area (Å²) < 4.78 is 151. The van der Waals surface area contributed by atoms with Gasteiger partial charge in [-0.1, -0.05) is 105 Å². The van der Waals surface area contributed by atoms with E-state index in [0.29, 0.717) is 22.3 Å². The first kappa shape index (κ1) is 15.0. The summed E-state index contributed by atoms with van der Waals surface area (Å²) in [4.78, 5) is 14.5. The first-order valence-electron chi connectivity index (χ1n) is 22.6. The van der Waals surface area contributed by atoms with Gasteiger partial charge in [-0.25, -0.2) is 4.98 Å². The van der Waals surface area contributed by atoms with Crippen molar-refractivity contribution in [2.75, 3.05) is 0 Å². The number of aromatic nitrogens is 4. The fraction of sp³-hybridized carbons (Fsp3) is 0.0714. The summed E-state index contributed by atoms with van der Waals surface area (Å²) in [5.41, 5.74) is -4.70. The van der Waals surface area contributed by atoms with Crippen LogP contribution in [0.3, 0.4) is 0 Å². The van der Waals surface area contributed by atoms with E-state index in [9.17, 15) is 5.48 Å². The second-order valence-corrected chi connectivity index (χ2v) is 11.2. The van der Waals surface area contributed by atoms with Crippen molar-refractivity contribution in [1.82, 2.24) is 19.5 Å². The van der Waals surface area contributed by atoms with E-state index in [0.717, 1.165) is 15.3 Å². The van der Waals surface area contributed by atoms with Crippen LogP contribution in [0.25, 0.3) is 83.6 Å². The number of furan rings is 1. The first-order valence-corrected chi connectivity index (χ1v) is 14.6. The standard InChI is InChI=1S/C42H28N4O/c1-42(2)33-17-9-6-14-27(33)30-24-36-31(23-34(30)42)28-15-7-10-18-35(28)46(36)41-44-39(25-12-4-3-5-13-25)43-40(45-41)26-20-21-38-32(22-26)29-16-8-11-19-37(29)47-38/h3-24H,1-2H3/i1D3,2D3,6D,7D,9D,10D,14D,15D,17D,18D,23D,24D. The maximum atomic E-state index is 9.96. The van der Waals surface area contributed by atoms with Crippen LogP contribution in [0.2, 0.25) is 0 Å². The van der Waals surface area contributed by atoms with Crippen LogP contribution < -0.4 is 0 Å². The van der Waals surface area contributed by atoms with Gasteiger partial charge >= 0.3 is 0 Å². The number of rotatable bonds is 3. The molecule has 0 bridgehead atoms. The van der Waals surface area contributed by atoms with E-state index in [4.69, 9.17) is 35.8 Å². The Hall–Kier alpha value is -6.07. The number of benzene rings is 6. The summed E-state index contributed by atoms with van der Waals surface area (Å²) in [6, 6.07) is 13.4. The van der Waals surface area contributed by atoms with Gasteiger partial charge < -0.3 is 4.42 Å². The molecule has 0 saturated carbocycles. The normalized spacial score (nSPS) is 18.9. The first-order chi connectivity index (χ1) is 29.7. The van der Waals surface area contributed by atoms with Crippen molar-refractivity contribution in [2.45, 2.75) is 19.1 Å². The Labute approximate surface area is 293 Å². The maximum absolute atomic E-state index is 9.96. The molecule has 3 aromatic heterocycles. The van der Waals surface area contributed by atoms with E-state index in [1.54, 1.807) is 42.5 Å². The van der Waals surface area contributed by atoms with Gasteiger partial charge in [-0.05, 0) is 64.6 Å². The lowest BCUT2D eigenvalue weighted by Crippen LogP contribution is -2.14. The predicted molar refractivity (Wildman–Crippen MR) is 190 cm³/mol. The van der Waals surface area contributed by atoms with Crippen molar-refractivity contribution in [3.05, 3.63) is 144 Å². The average molecular weight is 621 g/mol. The molecule has 5 heteroatoms. The van der Waals surface area contributed by atoms with E-state index < -0.39 is 107 Å². The number of hydrogen-bond donors (Lipinski definition) is 0. The van der Waals surface area contributed by atoms with Crippen LogP contribution in [0.4, 0.5) is 0 Å². The lowest BCUT2D eigenvalue weighted by atomic mass is 9.82. The predicted octanol–water partition coefficient (Wildman–Crippen LogP) is 10.5. The third-order valence-corrected chi connectivity index (χ3v) is 8.52. The summed E-state index contributed by atoms with van der Waals surface area (Å²) in [6.45, 7) is -7.28. The van der Waals surface area contributed by atoms with Crippen molar-refractivity contribution < 1.29 is 26.3 Å². The molecule has 222 valence electrons. The van der Waals surface area contributed by atoms with E-state index in [1.807, 2.05) is 30.3 Å². The fourth-order valence-corrected chi connectivity index (χ4v) is 6.36. The number of nitrogens with zero attached hydrogens (tertiary/aromatic N) is 4. The lowest BCUT2D eigenvalue weighted by Gasteiger charge is -2.21. The molecule has 3 heterocycles. The summed E-state index contributed by atoms with van der Waals surface area (Å²) in [7, 11) is 0. The zero-order valence-electron chi connectivity index (χ0n) is 40.1. The minimum absolute atomic E-state index is 0.0731. The molecule has 0 saturated heterocycles. The molecular formula is C42H28N4O. The Morgan fingerprint density at radius 1 is 0.617 bits per heavy atom. The molecule has 0 spiro atoms. The van der Waals surface area contributed by atoms with Crippen molar-refractivity contribution in [3.8, 4) is 39.9 Å². The summed E-state index contributed by atoms with van der Waals surface area (Å²) in [6.07, 6.45) is 0. The second kappa shape index (κ2) is 9.47. The highest BCUT2D eigenvalue weighted by Gasteiger charge is 2.36. The van der Waals surface area contributed by atoms with Gasteiger partial charge in [0.1, 0.15) is 11.2 Å². The largest absolute Gasteiger partial charge is 0.456 e. The molecule has 6 aromatic carbocycles. The van der Waals surface area contributed by atoms with Gasteiger partial charge in [0, 0.05) is 46.3 Å². The van der Waals surface area contributed by atoms with E-state index >= 15 is 0 Å². The third kappa shape index (κ3) is 3.74. The van der Waals surface area contributed by atoms with Crippen LogP contribution >= 0.6 is 0 Å². The Balaban J connectivity index is 1.42. The number of fused-ring (bicyclic) bond motifs is 9. The molecule has 0 N–H and O–H groups in total. The van der Waals surface area contributed by atoms with Crippen molar-refractivity contribution in [2.24, 2.45) is 0 Å². The van der Waals surface area contributed by atoms with Gasteiger partial charge in [0.15, 0.2) is 11.6 Å². The highest BCUT2D eigenvalue weighted by molar-refractivity contribution is 6.11. The SMILES string of the molecule is [2H]c1c([2H])c([2H])c2c(c1[2H])-c1c(c([2H])c3c4c([2H])c([2H])c([2H])c([2H])c4n(-c4nc(-c5ccccc5)nc(-c5ccc6oc7ccccc7c6c5)n4)c3c1[2H])C2(C([2H])([2H])[2H])C([2H])([2H])[2H]. The summed E-state index contributed by atoms with van der Waals surface area (Å²) in [5, 5.41) is 0.711. The topological polar surface area (TPSA) is 56.7 Å². The number of hydrogen-bond acceptors (Lipinski definition) is 4. The molecular weight excluding hydrogens is 576 g/mol. The number of para-hydroxylation sites is 2. The quantitative estimate of drug-likeness (QED) is 0.197. The highest BCUT2D eigenvalue weighted by Crippen LogP contribution is 2.51. The van der Waals surface area contributed by atoms with Crippen molar-refractivity contribution in [3.63, 3.8) is 0 Å². The zero-order valence-corrected chi connectivity index (χ0v) is 24.1. The van der Waals surface area contributed by atoms with Crippen LogP contribution in [-0.2, 0) is 5.41 Å². The molecule has 0 unspecified atom stereocenters. The molecule has 47 heavy (non-hydrogen) atoms. The van der Waals surface area contributed by atoms with Crippen molar-refractivity contribution >= 4 is 43.7 Å². The monoisotopic (exact) mass is 620 g/mol. The van der Waals surface area contributed by atoms with Crippen LogP contribution in [0.5, 0.6) is 0 Å². The zero-order chi connectivity index (χ0) is 45.0. The van der Waals surface area contributed by atoms with Crippen LogP contribution in [0.1, 0.15) is 46.8 Å².